The van der Waals surface area contributed by atoms with Crippen LogP contribution in [0.4, 0.5) is 0 Å². The molecule has 0 aliphatic heterocycles. The monoisotopic (exact) mass is 478 g/mol. The van der Waals surface area contributed by atoms with E-state index in [2.05, 4.69) is 5.32 Å². The molecule has 6 heteroatoms. The molecule has 1 N–H and O–H groups in total. The molecule has 0 radical (unpaired) electrons. The highest BCUT2D eigenvalue weighted by Gasteiger charge is 2.27. The van der Waals surface area contributed by atoms with Crippen molar-refractivity contribution in [2.45, 2.75) is 89.6 Å². The Balaban J connectivity index is 1.65. The molecule has 1 amide bonds. The minimum Gasteiger partial charge on any atom is -0.467 e. The van der Waals surface area contributed by atoms with Crippen LogP contribution in [0.3, 0.4) is 0 Å². The Bertz CT molecular complexity index is 1070. The van der Waals surface area contributed by atoms with E-state index in [1.807, 2.05) is 34.9 Å². The maximum Gasteiger partial charge on any atom is 0.328 e. The number of nitrogens with one attached hydrogen (secondary N) is 1. The van der Waals surface area contributed by atoms with Crippen molar-refractivity contribution in [2.75, 3.05) is 7.11 Å². The van der Waals surface area contributed by atoms with E-state index in [-0.39, 0.29) is 11.1 Å². The minimum atomic E-state index is -0.858. The van der Waals surface area contributed by atoms with Crippen LogP contribution in [0.2, 0.25) is 0 Å². The molecule has 2 aliphatic rings. The van der Waals surface area contributed by atoms with E-state index in [9.17, 15) is 14.4 Å². The van der Waals surface area contributed by atoms with Crippen LogP contribution in [0.1, 0.15) is 85.0 Å². The third-order valence-electron chi connectivity index (χ3n) is 7.58. The molecule has 1 heterocycles. The van der Waals surface area contributed by atoms with Gasteiger partial charge in [-0.05, 0) is 61.6 Å². The SMILES string of the molecule is COC(=O)C(Cc1ccccc1)NC(=O)c1cc2c(n(CC3CCCCC3)c1=O)CCCCCC2. The summed E-state index contributed by atoms with van der Waals surface area (Å²) in [6.45, 7) is 0.687. The zero-order valence-corrected chi connectivity index (χ0v) is 20.9. The number of pyridine rings is 1. The first-order valence-electron chi connectivity index (χ1n) is 13.2. The second kappa shape index (κ2) is 12.2. The van der Waals surface area contributed by atoms with Crippen molar-refractivity contribution in [3.8, 4) is 0 Å². The largest absolute Gasteiger partial charge is 0.467 e. The van der Waals surface area contributed by atoms with Crippen molar-refractivity contribution in [3.05, 3.63) is 69.1 Å². The normalized spacial score (nSPS) is 17.5. The third-order valence-corrected chi connectivity index (χ3v) is 7.58. The number of hydrogen-bond acceptors (Lipinski definition) is 4. The summed E-state index contributed by atoms with van der Waals surface area (Å²) in [6, 6.07) is 10.4. The molecule has 1 aromatic heterocycles. The van der Waals surface area contributed by atoms with Gasteiger partial charge in [-0.2, -0.15) is 0 Å². The van der Waals surface area contributed by atoms with E-state index in [1.54, 1.807) is 6.07 Å². The van der Waals surface area contributed by atoms with Gasteiger partial charge in [0, 0.05) is 18.7 Å². The topological polar surface area (TPSA) is 77.4 Å². The lowest BCUT2D eigenvalue weighted by molar-refractivity contribution is -0.142. The molecule has 1 atom stereocenters. The summed E-state index contributed by atoms with van der Waals surface area (Å²) in [4.78, 5) is 39.7. The van der Waals surface area contributed by atoms with E-state index in [4.69, 9.17) is 4.74 Å². The van der Waals surface area contributed by atoms with Crippen molar-refractivity contribution in [2.24, 2.45) is 5.92 Å². The van der Waals surface area contributed by atoms with E-state index in [1.165, 1.54) is 39.2 Å². The number of nitrogens with zero attached hydrogens (tertiary/aromatic N) is 1. The van der Waals surface area contributed by atoms with Gasteiger partial charge in [-0.15, -0.1) is 0 Å². The highest BCUT2D eigenvalue weighted by atomic mass is 16.5. The van der Waals surface area contributed by atoms with Gasteiger partial charge in [0.1, 0.15) is 11.6 Å². The first kappa shape index (κ1) is 25.2. The zero-order valence-electron chi connectivity index (χ0n) is 20.9. The Morgan fingerprint density at radius 2 is 1.69 bits per heavy atom. The summed E-state index contributed by atoms with van der Waals surface area (Å²) < 4.78 is 6.87. The molecule has 1 fully saturated rings. The van der Waals surface area contributed by atoms with Gasteiger partial charge >= 0.3 is 5.97 Å². The number of carbonyl (C=O) groups is 2. The Labute approximate surface area is 208 Å². The van der Waals surface area contributed by atoms with Crippen molar-refractivity contribution in [3.63, 3.8) is 0 Å². The van der Waals surface area contributed by atoms with Crippen LogP contribution < -0.4 is 10.9 Å². The number of fused-ring (bicyclic) bond motifs is 1. The van der Waals surface area contributed by atoms with Crippen LogP contribution in [-0.2, 0) is 35.3 Å². The van der Waals surface area contributed by atoms with Crippen LogP contribution in [-0.4, -0.2) is 29.6 Å². The number of aromatic nitrogens is 1. The number of amides is 1. The predicted octanol–water partition coefficient (Wildman–Crippen LogP) is 4.60. The minimum absolute atomic E-state index is 0.141. The van der Waals surface area contributed by atoms with E-state index in [0.717, 1.165) is 55.3 Å². The maximum atomic E-state index is 13.7. The number of hydrogen-bond donors (Lipinski definition) is 1. The number of benzene rings is 1. The lowest BCUT2D eigenvalue weighted by atomic mass is 9.88. The average Bonchev–Trinajstić information content (AvgIpc) is 2.86. The molecule has 1 saturated carbocycles. The molecule has 6 nitrogen and oxygen atoms in total. The second-order valence-corrected chi connectivity index (χ2v) is 10.1. The maximum absolute atomic E-state index is 13.7. The van der Waals surface area contributed by atoms with Crippen LogP contribution in [0.25, 0.3) is 0 Å². The Hall–Kier alpha value is -2.89. The third kappa shape index (κ3) is 6.41. The van der Waals surface area contributed by atoms with E-state index >= 15 is 0 Å². The molecule has 0 bridgehead atoms. The molecule has 2 aromatic rings. The van der Waals surface area contributed by atoms with Crippen LogP contribution in [0.15, 0.2) is 41.2 Å². The fraction of sp³-hybridized carbons (Fsp3) is 0.552. The van der Waals surface area contributed by atoms with Crippen LogP contribution in [0, 0.1) is 5.92 Å². The Morgan fingerprint density at radius 3 is 2.40 bits per heavy atom. The van der Waals surface area contributed by atoms with Gasteiger partial charge in [-0.3, -0.25) is 9.59 Å². The quantitative estimate of drug-likeness (QED) is 0.590. The molecule has 1 unspecified atom stereocenters. The van der Waals surface area contributed by atoms with Gasteiger partial charge in [-0.1, -0.05) is 62.4 Å². The standard InChI is InChI=1S/C29H38N2O4/c1-35-29(34)25(18-21-12-6-4-7-13-21)30-27(32)24-19-23-16-10-2-3-11-17-26(23)31(28(24)33)20-22-14-8-5-9-15-22/h4,6-7,12-13,19,22,25H,2-3,5,8-11,14-18,20H2,1H3,(H,30,32). The van der Waals surface area contributed by atoms with Gasteiger partial charge < -0.3 is 14.6 Å². The summed E-state index contributed by atoms with van der Waals surface area (Å²) in [5, 5.41) is 2.81. The molecule has 188 valence electrons. The fourth-order valence-corrected chi connectivity index (χ4v) is 5.64. The van der Waals surface area contributed by atoms with Crippen molar-refractivity contribution in [1.82, 2.24) is 9.88 Å². The number of esters is 1. The number of ether oxygens (including phenoxy) is 1. The molecule has 4 rings (SSSR count). The van der Waals surface area contributed by atoms with Crippen LogP contribution >= 0.6 is 0 Å². The lowest BCUT2D eigenvalue weighted by Gasteiger charge is -2.27. The van der Waals surface area contributed by atoms with E-state index < -0.39 is 17.9 Å². The number of carbonyl (C=O) groups excluding carboxylic acids is 2. The lowest BCUT2D eigenvalue weighted by Crippen LogP contribution is -2.45. The summed E-state index contributed by atoms with van der Waals surface area (Å²) >= 11 is 0. The molecular formula is C29H38N2O4. The second-order valence-electron chi connectivity index (χ2n) is 10.1. The van der Waals surface area contributed by atoms with Crippen molar-refractivity contribution in [1.29, 1.82) is 0 Å². The highest BCUT2D eigenvalue weighted by molar-refractivity contribution is 5.96. The van der Waals surface area contributed by atoms with Gasteiger partial charge in [0.05, 0.1) is 7.11 Å². The van der Waals surface area contributed by atoms with Crippen LogP contribution in [0.5, 0.6) is 0 Å². The number of aryl methyl sites for hydroxylation is 1. The summed E-state index contributed by atoms with van der Waals surface area (Å²) in [5.41, 5.74) is 3.06. The molecule has 0 spiro atoms. The first-order chi connectivity index (χ1) is 17.1. The smallest absolute Gasteiger partial charge is 0.328 e. The zero-order chi connectivity index (χ0) is 24.6. The van der Waals surface area contributed by atoms with Gasteiger partial charge in [-0.25, -0.2) is 4.79 Å². The summed E-state index contributed by atoms with van der Waals surface area (Å²) in [6.07, 6.45) is 12.5. The molecule has 35 heavy (non-hydrogen) atoms. The summed E-state index contributed by atoms with van der Waals surface area (Å²) in [5.74, 6) is -0.533. The molecular weight excluding hydrogens is 440 g/mol. The molecule has 1 aromatic carbocycles. The van der Waals surface area contributed by atoms with Crippen molar-refractivity contribution >= 4 is 11.9 Å². The van der Waals surface area contributed by atoms with Gasteiger partial charge in [0.15, 0.2) is 0 Å². The highest BCUT2D eigenvalue weighted by Crippen LogP contribution is 2.27. The van der Waals surface area contributed by atoms with Crippen molar-refractivity contribution < 1.29 is 14.3 Å². The Kier molecular flexibility index (Phi) is 8.78. The average molecular weight is 479 g/mol. The number of rotatable bonds is 7. The number of methoxy groups -OCH3 is 1. The molecule has 0 saturated heterocycles. The fourth-order valence-electron chi connectivity index (χ4n) is 5.64. The van der Waals surface area contributed by atoms with Gasteiger partial charge in [0.2, 0.25) is 0 Å². The van der Waals surface area contributed by atoms with Gasteiger partial charge in [0.25, 0.3) is 11.5 Å². The molecule has 2 aliphatic carbocycles. The first-order valence-corrected chi connectivity index (χ1v) is 13.2. The predicted molar refractivity (Wildman–Crippen MR) is 137 cm³/mol. The summed E-state index contributed by atoms with van der Waals surface area (Å²) in [7, 11) is 1.31. The van der Waals surface area contributed by atoms with E-state index in [0.29, 0.717) is 18.9 Å². The Morgan fingerprint density at radius 1 is 1.00 bits per heavy atom.